The average Bonchev–Trinajstić information content (AvgIpc) is 3.05. The molecule has 0 aliphatic carbocycles. The molecule has 0 spiro atoms. The Kier molecular flexibility index (Phi) is 5.46. The van der Waals surface area contributed by atoms with Gasteiger partial charge in [0.1, 0.15) is 11.9 Å². The molecule has 27 heavy (non-hydrogen) atoms. The number of nitrogens with zero attached hydrogens (tertiary/aromatic N) is 2. The number of ether oxygens (including phenoxy) is 2. The van der Waals surface area contributed by atoms with Gasteiger partial charge in [-0.15, -0.1) is 0 Å². The minimum atomic E-state index is 0.466. The number of H-pyrrole nitrogens is 1. The quantitative estimate of drug-likeness (QED) is 0.624. The molecule has 0 saturated carbocycles. The third kappa shape index (κ3) is 3.95. The number of aromatic amines is 1. The maximum absolute atomic E-state index is 9.65. The second-order valence-corrected chi connectivity index (χ2v) is 6.28. The highest BCUT2D eigenvalue weighted by Crippen LogP contribution is 2.30. The molecule has 0 atom stereocenters. The summed E-state index contributed by atoms with van der Waals surface area (Å²) < 4.78 is 11.3. The fourth-order valence-corrected chi connectivity index (χ4v) is 2.87. The molecular formula is C22H23N3O2. The first-order valence-electron chi connectivity index (χ1n) is 9.04. The Morgan fingerprint density at radius 3 is 2.48 bits per heavy atom. The van der Waals surface area contributed by atoms with Crippen LogP contribution in [0.4, 0.5) is 0 Å². The summed E-state index contributed by atoms with van der Waals surface area (Å²) in [5.74, 6) is 1.93. The van der Waals surface area contributed by atoms with Gasteiger partial charge < -0.3 is 14.5 Å². The first kappa shape index (κ1) is 18.5. The average molecular weight is 361 g/mol. The van der Waals surface area contributed by atoms with Crippen LogP contribution in [0, 0.1) is 25.2 Å². The standard InChI is InChI=1S/C22H23N3O2/c1-5-26-20-8-7-16(12-21(20)27-6-2)11-17(13-23)22-24-18-9-14(3)15(4)10-19(18)25-22/h7-12H,5-6H2,1-4H3,(H,24,25)/b17-11-. The van der Waals surface area contributed by atoms with Crippen molar-refractivity contribution in [1.29, 1.82) is 5.26 Å². The summed E-state index contributed by atoms with van der Waals surface area (Å²) in [5, 5.41) is 9.65. The van der Waals surface area contributed by atoms with E-state index >= 15 is 0 Å². The Morgan fingerprint density at radius 1 is 1.07 bits per heavy atom. The van der Waals surface area contributed by atoms with Gasteiger partial charge in [0.25, 0.3) is 0 Å². The minimum absolute atomic E-state index is 0.466. The zero-order chi connectivity index (χ0) is 19.4. The zero-order valence-electron chi connectivity index (χ0n) is 16.1. The van der Waals surface area contributed by atoms with Crippen LogP contribution in [-0.2, 0) is 0 Å². The van der Waals surface area contributed by atoms with E-state index in [-0.39, 0.29) is 0 Å². The highest BCUT2D eigenvalue weighted by atomic mass is 16.5. The number of nitrogens with one attached hydrogen (secondary N) is 1. The Labute approximate surface area is 159 Å². The topological polar surface area (TPSA) is 70.9 Å². The number of nitriles is 1. The van der Waals surface area contributed by atoms with Crippen LogP contribution in [0.3, 0.4) is 0 Å². The smallest absolute Gasteiger partial charge is 0.161 e. The van der Waals surface area contributed by atoms with Gasteiger partial charge in [0.05, 0.1) is 29.8 Å². The van der Waals surface area contributed by atoms with Crippen molar-refractivity contribution in [2.24, 2.45) is 0 Å². The summed E-state index contributed by atoms with van der Waals surface area (Å²) >= 11 is 0. The monoisotopic (exact) mass is 361 g/mol. The lowest BCUT2D eigenvalue weighted by Crippen LogP contribution is -1.98. The van der Waals surface area contributed by atoms with Gasteiger partial charge in [0, 0.05) is 0 Å². The predicted molar refractivity (Wildman–Crippen MR) is 108 cm³/mol. The van der Waals surface area contributed by atoms with Crippen LogP contribution in [0.15, 0.2) is 30.3 Å². The summed E-state index contributed by atoms with van der Waals surface area (Å²) in [6, 6.07) is 12.0. The summed E-state index contributed by atoms with van der Waals surface area (Å²) in [6.07, 6.45) is 1.80. The molecule has 3 rings (SSSR count). The molecule has 1 aromatic heterocycles. The van der Waals surface area contributed by atoms with Crippen molar-refractivity contribution in [3.05, 3.63) is 52.8 Å². The first-order chi connectivity index (χ1) is 13.0. The van der Waals surface area contributed by atoms with Crippen molar-refractivity contribution >= 4 is 22.7 Å². The van der Waals surface area contributed by atoms with Crippen LogP contribution in [-0.4, -0.2) is 23.2 Å². The van der Waals surface area contributed by atoms with Gasteiger partial charge in [-0.25, -0.2) is 4.98 Å². The lowest BCUT2D eigenvalue weighted by atomic mass is 10.1. The number of hydrogen-bond acceptors (Lipinski definition) is 4. The molecule has 138 valence electrons. The number of aryl methyl sites for hydroxylation is 2. The van der Waals surface area contributed by atoms with E-state index in [4.69, 9.17) is 9.47 Å². The molecule has 1 heterocycles. The summed E-state index contributed by atoms with van der Waals surface area (Å²) in [4.78, 5) is 7.83. The van der Waals surface area contributed by atoms with E-state index in [2.05, 4.69) is 36.0 Å². The maximum Gasteiger partial charge on any atom is 0.161 e. The number of allylic oxidation sites excluding steroid dienone is 1. The Balaban J connectivity index is 2.01. The van der Waals surface area contributed by atoms with Crippen LogP contribution in [0.2, 0.25) is 0 Å². The Bertz CT molecular complexity index is 1000. The van der Waals surface area contributed by atoms with Crippen LogP contribution in [0.5, 0.6) is 11.5 Å². The lowest BCUT2D eigenvalue weighted by Gasteiger charge is -2.11. The van der Waals surface area contributed by atoms with Gasteiger partial charge in [0.15, 0.2) is 11.5 Å². The molecule has 5 heteroatoms. The molecule has 0 saturated heterocycles. The van der Waals surface area contributed by atoms with Crippen molar-refractivity contribution in [1.82, 2.24) is 9.97 Å². The number of benzene rings is 2. The predicted octanol–water partition coefficient (Wildman–Crippen LogP) is 5.04. The third-order valence-electron chi connectivity index (χ3n) is 4.35. The van der Waals surface area contributed by atoms with Crippen molar-refractivity contribution in [3.8, 4) is 17.6 Å². The van der Waals surface area contributed by atoms with Gasteiger partial charge in [0.2, 0.25) is 0 Å². The molecule has 5 nitrogen and oxygen atoms in total. The Morgan fingerprint density at radius 2 is 1.78 bits per heavy atom. The van der Waals surface area contributed by atoms with Gasteiger partial charge in [-0.2, -0.15) is 5.26 Å². The van der Waals surface area contributed by atoms with Gasteiger partial charge in [-0.3, -0.25) is 0 Å². The van der Waals surface area contributed by atoms with E-state index in [0.717, 1.165) is 16.6 Å². The van der Waals surface area contributed by atoms with Gasteiger partial charge in [-0.1, -0.05) is 6.07 Å². The SMILES string of the molecule is CCOc1ccc(/C=C(/C#N)c2nc3cc(C)c(C)cc3[nH]2)cc1OCC. The molecule has 0 radical (unpaired) electrons. The second-order valence-electron chi connectivity index (χ2n) is 6.28. The number of rotatable bonds is 6. The zero-order valence-corrected chi connectivity index (χ0v) is 16.1. The highest BCUT2D eigenvalue weighted by molar-refractivity contribution is 5.90. The summed E-state index contributed by atoms with van der Waals surface area (Å²) in [7, 11) is 0. The van der Waals surface area contributed by atoms with Crippen molar-refractivity contribution < 1.29 is 9.47 Å². The first-order valence-corrected chi connectivity index (χ1v) is 9.04. The van der Waals surface area contributed by atoms with E-state index in [1.54, 1.807) is 6.08 Å². The van der Waals surface area contributed by atoms with Crippen molar-refractivity contribution in [2.75, 3.05) is 13.2 Å². The second kappa shape index (κ2) is 7.96. The molecule has 0 unspecified atom stereocenters. The number of aromatic nitrogens is 2. The largest absolute Gasteiger partial charge is 0.490 e. The molecule has 0 bridgehead atoms. The fraction of sp³-hybridized carbons (Fsp3) is 0.273. The fourth-order valence-electron chi connectivity index (χ4n) is 2.87. The number of hydrogen-bond donors (Lipinski definition) is 1. The van der Waals surface area contributed by atoms with Gasteiger partial charge >= 0.3 is 0 Å². The molecule has 2 aromatic carbocycles. The van der Waals surface area contributed by atoms with E-state index in [0.29, 0.717) is 36.1 Å². The normalized spacial score (nSPS) is 11.4. The van der Waals surface area contributed by atoms with E-state index < -0.39 is 0 Å². The molecule has 3 aromatic rings. The van der Waals surface area contributed by atoms with Crippen LogP contribution < -0.4 is 9.47 Å². The molecular weight excluding hydrogens is 338 g/mol. The van der Waals surface area contributed by atoms with E-state index in [1.165, 1.54) is 11.1 Å². The van der Waals surface area contributed by atoms with Crippen molar-refractivity contribution in [2.45, 2.75) is 27.7 Å². The minimum Gasteiger partial charge on any atom is -0.490 e. The summed E-state index contributed by atoms with van der Waals surface area (Å²) in [5.41, 5.74) is 5.47. The number of fused-ring (bicyclic) bond motifs is 1. The van der Waals surface area contributed by atoms with Crippen molar-refractivity contribution in [3.63, 3.8) is 0 Å². The summed E-state index contributed by atoms with van der Waals surface area (Å²) in [6.45, 7) is 9.08. The molecule has 0 aliphatic rings. The van der Waals surface area contributed by atoms with Gasteiger partial charge in [-0.05, 0) is 74.7 Å². The molecule has 0 aliphatic heterocycles. The highest BCUT2D eigenvalue weighted by Gasteiger charge is 2.11. The van der Waals surface area contributed by atoms with Crippen LogP contribution in [0.25, 0.3) is 22.7 Å². The van der Waals surface area contributed by atoms with Crippen LogP contribution in [0.1, 0.15) is 36.4 Å². The van der Waals surface area contributed by atoms with E-state index in [1.807, 2.05) is 38.1 Å². The molecule has 1 N–H and O–H groups in total. The third-order valence-corrected chi connectivity index (χ3v) is 4.35. The van der Waals surface area contributed by atoms with Crippen LogP contribution >= 0.6 is 0 Å². The maximum atomic E-state index is 9.65. The molecule has 0 fully saturated rings. The van der Waals surface area contributed by atoms with E-state index in [9.17, 15) is 5.26 Å². The Hall–Kier alpha value is -3.26. The molecule has 0 amide bonds. The number of imidazole rings is 1. The lowest BCUT2D eigenvalue weighted by molar-refractivity contribution is 0.287.